The predicted molar refractivity (Wildman–Crippen MR) is 307 cm³/mol. The summed E-state index contributed by atoms with van der Waals surface area (Å²) in [6.45, 7) is 6.50. The molecule has 0 N–H and O–H groups in total. The van der Waals surface area contributed by atoms with Gasteiger partial charge >= 0.3 is 17.9 Å². The van der Waals surface area contributed by atoms with Gasteiger partial charge in [0.1, 0.15) is 13.2 Å². The fraction of sp³-hybridized carbons (Fsp3) is 0.738. The zero-order chi connectivity index (χ0) is 51.4. The maximum atomic E-state index is 12.9. The van der Waals surface area contributed by atoms with Crippen molar-refractivity contribution in [1.29, 1.82) is 0 Å². The van der Waals surface area contributed by atoms with Gasteiger partial charge in [-0.1, -0.05) is 241 Å². The molecule has 0 aliphatic rings. The van der Waals surface area contributed by atoms with Crippen molar-refractivity contribution >= 4 is 17.9 Å². The zero-order valence-corrected chi connectivity index (χ0v) is 46.7. The van der Waals surface area contributed by atoms with Crippen LogP contribution in [0.5, 0.6) is 0 Å². The van der Waals surface area contributed by atoms with E-state index in [-0.39, 0.29) is 31.1 Å². The molecule has 0 aliphatic heterocycles. The minimum Gasteiger partial charge on any atom is -0.462 e. The average molecular weight is 990 g/mol. The molecule has 0 radical (unpaired) electrons. The first-order valence-corrected chi connectivity index (χ1v) is 30.1. The standard InChI is InChI=1S/C65H112O6/c1-4-7-10-13-16-19-22-25-27-29-30-31-32-33-34-35-36-37-39-40-43-46-49-52-55-58-64(67)70-61-62(60-69-63(66)57-54-51-48-45-42-24-21-18-15-12-9-6-3)71-65(68)59-56-53-50-47-44-41-38-28-26-23-20-17-14-11-8-5-2/h7,10,16,18-19,21,25,27-28,30-31,33-34,38,62H,4-6,8-9,11-15,17,20,22-24,26,29,32,35-37,39-61H2,1-3H3/b10-7-,19-16-,21-18-,27-25-,31-30-,34-33-,38-28-. The Kier molecular flexibility index (Phi) is 56.3. The lowest BCUT2D eigenvalue weighted by Crippen LogP contribution is -2.30. The summed E-state index contributed by atoms with van der Waals surface area (Å²) in [4.78, 5) is 38.2. The van der Waals surface area contributed by atoms with Crippen LogP contribution in [0.3, 0.4) is 0 Å². The van der Waals surface area contributed by atoms with E-state index in [1.807, 2.05) is 0 Å². The van der Waals surface area contributed by atoms with Crippen molar-refractivity contribution in [2.24, 2.45) is 0 Å². The number of allylic oxidation sites excluding steroid dienone is 14. The minimum atomic E-state index is -0.787. The average Bonchev–Trinajstić information content (AvgIpc) is 3.37. The molecule has 0 heterocycles. The topological polar surface area (TPSA) is 78.9 Å². The molecule has 0 rings (SSSR count). The number of hydrogen-bond acceptors (Lipinski definition) is 6. The van der Waals surface area contributed by atoms with Crippen molar-refractivity contribution in [2.45, 2.75) is 297 Å². The Labute approximate surface area is 439 Å². The number of carbonyl (C=O) groups excluding carboxylic acids is 3. The zero-order valence-electron chi connectivity index (χ0n) is 46.7. The normalized spacial score (nSPS) is 12.7. The van der Waals surface area contributed by atoms with Gasteiger partial charge in [-0.05, 0) is 116 Å². The van der Waals surface area contributed by atoms with E-state index in [2.05, 4.69) is 106 Å². The van der Waals surface area contributed by atoms with E-state index in [0.717, 1.165) is 116 Å². The summed E-state index contributed by atoms with van der Waals surface area (Å²) >= 11 is 0. The number of hydrogen-bond donors (Lipinski definition) is 0. The molecule has 0 bridgehead atoms. The highest BCUT2D eigenvalue weighted by molar-refractivity contribution is 5.71. The summed E-state index contributed by atoms with van der Waals surface area (Å²) in [7, 11) is 0. The molecule has 1 unspecified atom stereocenters. The van der Waals surface area contributed by atoms with E-state index in [0.29, 0.717) is 19.3 Å². The Bertz CT molecular complexity index is 1370. The maximum Gasteiger partial charge on any atom is 0.306 e. The van der Waals surface area contributed by atoms with Crippen molar-refractivity contribution in [3.05, 3.63) is 85.1 Å². The van der Waals surface area contributed by atoms with Gasteiger partial charge in [0, 0.05) is 19.3 Å². The van der Waals surface area contributed by atoms with E-state index in [1.54, 1.807) is 0 Å². The molecule has 0 aromatic rings. The van der Waals surface area contributed by atoms with E-state index in [1.165, 1.54) is 135 Å². The van der Waals surface area contributed by atoms with Gasteiger partial charge < -0.3 is 14.2 Å². The molecule has 6 nitrogen and oxygen atoms in total. The van der Waals surface area contributed by atoms with Crippen molar-refractivity contribution < 1.29 is 28.6 Å². The molecule has 0 amide bonds. The lowest BCUT2D eigenvalue weighted by atomic mass is 10.1. The van der Waals surface area contributed by atoms with Crippen molar-refractivity contribution in [1.82, 2.24) is 0 Å². The van der Waals surface area contributed by atoms with Gasteiger partial charge in [-0.2, -0.15) is 0 Å². The summed E-state index contributed by atoms with van der Waals surface area (Å²) in [5, 5.41) is 0. The monoisotopic (exact) mass is 989 g/mol. The van der Waals surface area contributed by atoms with Gasteiger partial charge in [-0.25, -0.2) is 0 Å². The Balaban J connectivity index is 4.32. The number of unbranched alkanes of at least 4 members (excludes halogenated alkanes) is 29. The molecular weight excluding hydrogens is 877 g/mol. The van der Waals surface area contributed by atoms with Crippen LogP contribution in [0.4, 0.5) is 0 Å². The quantitative estimate of drug-likeness (QED) is 0.0261. The molecular formula is C65H112O6. The van der Waals surface area contributed by atoms with Crippen LogP contribution >= 0.6 is 0 Å². The van der Waals surface area contributed by atoms with E-state index in [9.17, 15) is 14.4 Å². The Morgan fingerprint density at radius 1 is 0.296 bits per heavy atom. The number of esters is 3. The molecule has 1 atom stereocenters. The van der Waals surface area contributed by atoms with Gasteiger partial charge in [0.2, 0.25) is 0 Å². The van der Waals surface area contributed by atoms with Crippen LogP contribution in [0.25, 0.3) is 0 Å². The van der Waals surface area contributed by atoms with Gasteiger partial charge in [0.15, 0.2) is 6.10 Å². The van der Waals surface area contributed by atoms with Crippen LogP contribution in [0.15, 0.2) is 85.1 Å². The number of ether oxygens (including phenoxy) is 3. The highest BCUT2D eigenvalue weighted by Gasteiger charge is 2.19. The summed E-state index contributed by atoms with van der Waals surface area (Å²) in [6.07, 6.45) is 77.2. The Morgan fingerprint density at radius 3 is 0.901 bits per heavy atom. The highest BCUT2D eigenvalue weighted by atomic mass is 16.6. The molecule has 0 spiro atoms. The third-order valence-electron chi connectivity index (χ3n) is 12.9. The fourth-order valence-corrected chi connectivity index (χ4v) is 8.34. The third-order valence-corrected chi connectivity index (χ3v) is 12.9. The van der Waals surface area contributed by atoms with E-state index >= 15 is 0 Å². The van der Waals surface area contributed by atoms with E-state index in [4.69, 9.17) is 14.2 Å². The van der Waals surface area contributed by atoms with Crippen molar-refractivity contribution in [2.75, 3.05) is 13.2 Å². The number of rotatable bonds is 54. The van der Waals surface area contributed by atoms with Crippen LogP contribution in [0.1, 0.15) is 290 Å². The van der Waals surface area contributed by atoms with Crippen LogP contribution < -0.4 is 0 Å². The first kappa shape index (κ1) is 67.6. The second-order valence-corrected chi connectivity index (χ2v) is 19.9. The number of carbonyl (C=O) groups is 3. The predicted octanol–water partition coefficient (Wildman–Crippen LogP) is 20.3. The third kappa shape index (κ3) is 57.4. The summed E-state index contributed by atoms with van der Waals surface area (Å²) in [5.74, 6) is -0.901. The van der Waals surface area contributed by atoms with Gasteiger partial charge in [0.05, 0.1) is 0 Å². The SMILES string of the molecule is CC/C=C\C/C=C\C/C=C\C/C=C\C/C=C\CCCCCCCCCCCC(=O)OCC(COC(=O)CCCCCCC/C=C\CCCCC)OC(=O)CCCCCCC/C=C\CCCCCCCCC. The largest absolute Gasteiger partial charge is 0.462 e. The lowest BCUT2D eigenvalue weighted by Gasteiger charge is -2.18. The van der Waals surface area contributed by atoms with Gasteiger partial charge in [0.25, 0.3) is 0 Å². The van der Waals surface area contributed by atoms with Crippen LogP contribution in [-0.4, -0.2) is 37.2 Å². The first-order chi connectivity index (χ1) is 35.0. The molecule has 0 fully saturated rings. The van der Waals surface area contributed by atoms with Crippen LogP contribution in [0, 0.1) is 0 Å². The molecule has 6 heteroatoms. The van der Waals surface area contributed by atoms with Crippen molar-refractivity contribution in [3.8, 4) is 0 Å². The van der Waals surface area contributed by atoms with Crippen LogP contribution in [0.2, 0.25) is 0 Å². The molecule has 0 saturated heterocycles. The first-order valence-electron chi connectivity index (χ1n) is 30.1. The molecule has 0 aromatic carbocycles. The second-order valence-electron chi connectivity index (χ2n) is 19.9. The highest BCUT2D eigenvalue weighted by Crippen LogP contribution is 2.15. The summed E-state index contributed by atoms with van der Waals surface area (Å²) < 4.78 is 16.9. The molecule has 0 saturated carbocycles. The van der Waals surface area contributed by atoms with Crippen LogP contribution in [-0.2, 0) is 28.6 Å². The Hall–Kier alpha value is -3.41. The summed E-state index contributed by atoms with van der Waals surface area (Å²) in [5.41, 5.74) is 0. The smallest absolute Gasteiger partial charge is 0.306 e. The van der Waals surface area contributed by atoms with Crippen molar-refractivity contribution in [3.63, 3.8) is 0 Å². The fourth-order valence-electron chi connectivity index (χ4n) is 8.34. The molecule has 0 aliphatic carbocycles. The second kappa shape index (κ2) is 59.2. The van der Waals surface area contributed by atoms with E-state index < -0.39 is 6.10 Å². The van der Waals surface area contributed by atoms with Gasteiger partial charge in [-0.15, -0.1) is 0 Å². The minimum absolute atomic E-state index is 0.0849. The summed E-state index contributed by atoms with van der Waals surface area (Å²) in [6, 6.07) is 0. The van der Waals surface area contributed by atoms with Gasteiger partial charge in [-0.3, -0.25) is 14.4 Å². The molecule has 71 heavy (non-hydrogen) atoms. The Morgan fingerprint density at radius 2 is 0.549 bits per heavy atom. The molecule has 0 aromatic heterocycles. The maximum absolute atomic E-state index is 12.9. The molecule has 408 valence electrons. The lowest BCUT2D eigenvalue weighted by molar-refractivity contribution is -0.167.